The number of thiazole rings is 1. The van der Waals surface area contributed by atoms with E-state index in [-0.39, 0.29) is 0 Å². The van der Waals surface area contributed by atoms with Crippen molar-refractivity contribution in [2.45, 2.75) is 31.4 Å². The van der Waals surface area contributed by atoms with Crippen LogP contribution in [-0.4, -0.2) is 24.2 Å². The molecule has 1 aliphatic rings. The van der Waals surface area contributed by atoms with Gasteiger partial charge in [-0.1, -0.05) is 11.3 Å². The molecule has 2 atom stereocenters. The molecule has 78 valence electrons. The maximum absolute atomic E-state index is 5.60. The summed E-state index contributed by atoms with van der Waals surface area (Å²) in [5.41, 5.74) is 5.60. The van der Waals surface area contributed by atoms with Crippen LogP contribution in [-0.2, 0) is 4.74 Å². The normalized spacial score (nSPS) is 26.6. The number of hydrogen-bond acceptors (Lipinski definition) is 5. The lowest BCUT2D eigenvalue weighted by atomic mass is 10.2. The molecule has 1 aliphatic carbocycles. The van der Waals surface area contributed by atoms with Crippen molar-refractivity contribution in [3.05, 3.63) is 6.20 Å². The van der Waals surface area contributed by atoms with Gasteiger partial charge < -0.3 is 15.8 Å². The van der Waals surface area contributed by atoms with Gasteiger partial charge in [0.25, 0.3) is 0 Å². The molecule has 1 heterocycles. The summed E-state index contributed by atoms with van der Waals surface area (Å²) in [6.07, 6.45) is 5.51. The van der Waals surface area contributed by atoms with Crippen molar-refractivity contribution in [2.24, 2.45) is 0 Å². The first-order valence-electron chi connectivity index (χ1n) is 4.80. The number of aromatic nitrogens is 1. The van der Waals surface area contributed by atoms with Crippen LogP contribution in [0.2, 0.25) is 0 Å². The molecular formula is C9H15N3OS. The van der Waals surface area contributed by atoms with Gasteiger partial charge >= 0.3 is 0 Å². The van der Waals surface area contributed by atoms with Crippen LogP contribution in [0.25, 0.3) is 0 Å². The number of nitrogens with two attached hydrogens (primary N) is 1. The van der Waals surface area contributed by atoms with Crippen LogP contribution in [0.4, 0.5) is 10.1 Å². The van der Waals surface area contributed by atoms with Crippen molar-refractivity contribution in [3.8, 4) is 0 Å². The Balaban J connectivity index is 1.96. The zero-order valence-corrected chi connectivity index (χ0v) is 9.01. The van der Waals surface area contributed by atoms with Crippen molar-refractivity contribution >= 4 is 21.5 Å². The fourth-order valence-corrected chi connectivity index (χ4v) is 2.53. The highest BCUT2D eigenvalue weighted by Crippen LogP contribution is 2.27. The summed E-state index contributed by atoms with van der Waals surface area (Å²) in [7, 11) is 1.76. The number of ether oxygens (including phenoxy) is 1. The lowest BCUT2D eigenvalue weighted by Gasteiger charge is -2.18. The molecule has 1 saturated carbocycles. The third-order valence-electron chi connectivity index (χ3n) is 2.59. The molecule has 14 heavy (non-hydrogen) atoms. The van der Waals surface area contributed by atoms with Crippen LogP contribution < -0.4 is 11.1 Å². The quantitative estimate of drug-likeness (QED) is 0.802. The molecule has 2 unspecified atom stereocenters. The smallest absolute Gasteiger partial charge is 0.184 e. The van der Waals surface area contributed by atoms with Gasteiger partial charge in [-0.15, -0.1) is 0 Å². The number of nitrogens with one attached hydrogen (secondary N) is 1. The standard InChI is InChI=1S/C9H15N3OS/c1-13-7-4-2-3-6(7)12-9-11-5-8(10)14-9/h5-7H,2-4,10H2,1H3,(H,11,12). The van der Waals surface area contributed by atoms with E-state index in [0.29, 0.717) is 12.1 Å². The molecule has 0 bridgehead atoms. The van der Waals surface area contributed by atoms with Crippen LogP contribution in [0, 0.1) is 0 Å². The van der Waals surface area contributed by atoms with Crippen molar-refractivity contribution in [3.63, 3.8) is 0 Å². The first-order chi connectivity index (χ1) is 6.79. The van der Waals surface area contributed by atoms with Crippen LogP contribution in [0.5, 0.6) is 0 Å². The fraction of sp³-hybridized carbons (Fsp3) is 0.667. The Morgan fingerprint density at radius 2 is 2.50 bits per heavy atom. The van der Waals surface area contributed by atoms with Crippen LogP contribution >= 0.6 is 11.3 Å². The van der Waals surface area contributed by atoms with Crippen molar-refractivity contribution in [2.75, 3.05) is 18.2 Å². The van der Waals surface area contributed by atoms with Gasteiger partial charge in [0, 0.05) is 7.11 Å². The van der Waals surface area contributed by atoms with Gasteiger partial charge in [0.2, 0.25) is 0 Å². The summed E-state index contributed by atoms with van der Waals surface area (Å²) >= 11 is 1.49. The molecule has 0 aromatic carbocycles. The number of anilines is 2. The van der Waals surface area contributed by atoms with E-state index in [1.54, 1.807) is 13.3 Å². The summed E-state index contributed by atoms with van der Waals surface area (Å²) in [4.78, 5) is 4.17. The number of nitrogens with zero attached hydrogens (tertiary/aromatic N) is 1. The largest absolute Gasteiger partial charge is 0.389 e. The average Bonchev–Trinajstić information content (AvgIpc) is 2.76. The van der Waals surface area contributed by atoms with E-state index in [4.69, 9.17) is 10.5 Å². The molecule has 0 spiro atoms. The van der Waals surface area contributed by atoms with E-state index in [9.17, 15) is 0 Å². The van der Waals surface area contributed by atoms with Gasteiger partial charge in [0.15, 0.2) is 5.13 Å². The molecular weight excluding hydrogens is 198 g/mol. The highest BCUT2D eigenvalue weighted by Gasteiger charge is 2.27. The van der Waals surface area contributed by atoms with Crippen molar-refractivity contribution in [1.29, 1.82) is 0 Å². The van der Waals surface area contributed by atoms with Crippen molar-refractivity contribution in [1.82, 2.24) is 4.98 Å². The Morgan fingerprint density at radius 1 is 1.64 bits per heavy atom. The molecule has 4 nitrogen and oxygen atoms in total. The zero-order chi connectivity index (χ0) is 9.97. The average molecular weight is 213 g/mol. The van der Waals surface area contributed by atoms with Crippen molar-refractivity contribution < 1.29 is 4.74 Å². The van der Waals surface area contributed by atoms with Gasteiger partial charge in [0.1, 0.15) is 5.00 Å². The van der Waals surface area contributed by atoms with E-state index in [1.165, 1.54) is 17.8 Å². The summed E-state index contributed by atoms with van der Waals surface area (Å²) in [6, 6.07) is 0.394. The van der Waals surface area contributed by atoms with Gasteiger partial charge in [0.05, 0.1) is 18.3 Å². The molecule has 1 aromatic heterocycles. The monoisotopic (exact) mass is 213 g/mol. The summed E-state index contributed by atoms with van der Waals surface area (Å²) < 4.78 is 5.39. The Labute approximate surface area is 87.5 Å². The third-order valence-corrected chi connectivity index (χ3v) is 3.35. The molecule has 5 heteroatoms. The van der Waals surface area contributed by atoms with E-state index < -0.39 is 0 Å². The summed E-state index contributed by atoms with van der Waals surface area (Å²) in [6.45, 7) is 0. The topological polar surface area (TPSA) is 60.2 Å². The predicted molar refractivity (Wildman–Crippen MR) is 58.6 cm³/mol. The second-order valence-electron chi connectivity index (χ2n) is 3.52. The minimum Gasteiger partial charge on any atom is -0.389 e. The zero-order valence-electron chi connectivity index (χ0n) is 8.19. The predicted octanol–water partition coefficient (Wildman–Crippen LogP) is 1.70. The van der Waals surface area contributed by atoms with Crippen LogP contribution in [0.15, 0.2) is 6.20 Å². The second-order valence-corrected chi connectivity index (χ2v) is 4.59. The number of rotatable bonds is 3. The summed E-state index contributed by atoms with van der Waals surface area (Å²) in [5.74, 6) is 0. The van der Waals surface area contributed by atoms with Gasteiger partial charge in [-0.2, -0.15) is 0 Å². The fourth-order valence-electron chi connectivity index (χ4n) is 1.89. The molecule has 1 aromatic rings. The Bertz CT molecular complexity index is 302. The second kappa shape index (κ2) is 4.14. The SMILES string of the molecule is COC1CCCC1Nc1ncc(N)s1. The molecule has 3 N–H and O–H groups in total. The number of hydrogen-bond donors (Lipinski definition) is 2. The highest BCUT2D eigenvalue weighted by atomic mass is 32.1. The van der Waals surface area contributed by atoms with Gasteiger partial charge in [-0.05, 0) is 19.3 Å². The minimum atomic E-state index is 0.320. The molecule has 0 saturated heterocycles. The maximum Gasteiger partial charge on any atom is 0.184 e. The van der Waals surface area contributed by atoms with Gasteiger partial charge in [-0.25, -0.2) is 4.98 Å². The Morgan fingerprint density at radius 3 is 3.14 bits per heavy atom. The van der Waals surface area contributed by atoms with E-state index in [2.05, 4.69) is 10.3 Å². The van der Waals surface area contributed by atoms with E-state index >= 15 is 0 Å². The summed E-state index contributed by atoms with van der Waals surface area (Å²) in [5, 5.41) is 5.01. The Hall–Kier alpha value is -0.810. The molecule has 1 fully saturated rings. The first kappa shape index (κ1) is 9.73. The third kappa shape index (κ3) is 1.99. The van der Waals surface area contributed by atoms with E-state index in [0.717, 1.165) is 23.0 Å². The number of methoxy groups -OCH3 is 1. The molecule has 0 radical (unpaired) electrons. The van der Waals surface area contributed by atoms with Gasteiger partial charge in [-0.3, -0.25) is 0 Å². The highest BCUT2D eigenvalue weighted by molar-refractivity contribution is 7.19. The molecule has 2 rings (SSSR count). The molecule has 0 aliphatic heterocycles. The first-order valence-corrected chi connectivity index (χ1v) is 5.62. The minimum absolute atomic E-state index is 0.320. The van der Waals surface area contributed by atoms with Crippen LogP contribution in [0.3, 0.4) is 0 Å². The number of nitrogen functional groups attached to an aromatic ring is 1. The lowest BCUT2D eigenvalue weighted by Crippen LogP contribution is -2.29. The van der Waals surface area contributed by atoms with E-state index in [1.807, 2.05) is 0 Å². The lowest BCUT2D eigenvalue weighted by molar-refractivity contribution is 0.101. The van der Waals surface area contributed by atoms with Crippen LogP contribution in [0.1, 0.15) is 19.3 Å². The molecule has 0 amide bonds. The maximum atomic E-state index is 5.60. The Kier molecular flexibility index (Phi) is 2.88.